The zero-order valence-electron chi connectivity index (χ0n) is 14.4. The van der Waals surface area contributed by atoms with Crippen LogP contribution in [0, 0.1) is 0 Å². The van der Waals surface area contributed by atoms with Crippen LogP contribution in [0.2, 0.25) is 0 Å². The lowest BCUT2D eigenvalue weighted by Crippen LogP contribution is -2.40. The van der Waals surface area contributed by atoms with Crippen molar-refractivity contribution in [1.29, 1.82) is 0 Å². The third kappa shape index (κ3) is 5.22. The van der Waals surface area contributed by atoms with Crippen molar-refractivity contribution in [2.24, 2.45) is 0 Å². The molecule has 2 heterocycles. The Labute approximate surface area is 147 Å². The molecule has 1 aromatic heterocycles. The SMILES string of the molecule is CC(Cn1cccn1)NCC(=O)NCCc1ccc2c(c1)OCCO2. The molecule has 2 aromatic rings. The minimum atomic E-state index is -0.00939. The predicted octanol–water partition coefficient (Wildman–Crippen LogP) is 0.991. The molecule has 3 rings (SSSR count). The lowest BCUT2D eigenvalue weighted by Gasteiger charge is -2.19. The Morgan fingerprint density at radius 2 is 2.16 bits per heavy atom. The van der Waals surface area contributed by atoms with Crippen LogP contribution in [0.25, 0.3) is 0 Å². The zero-order chi connectivity index (χ0) is 17.5. The molecule has 0 aliphatic carbocycles. The van der Waals surface area contributed by atoms with Crippen LogP contribution in [0.1, 0.15) is 12.5 Å². The van der Waals surface area contributed by atoms with Crippen molar-refractivity contribution in [3.05, 3.63) is 42.2 Å². The average molecular weight is 344 g/mol. The van der Waals surface area contributed by atoms with E-state index in [2.05, 4.69) is 15.7 Å². The molecule has 1 aromatic carbocycles. The van der Waals surface area contributed by atoms with Crippen LogP contribution in [0.3, 0.4) is 0 Å². The molecule has 25 heavy (non-hydrogen) atoms. The number of ether oxygens (including phenoxy) is 2. The first-order valence-electron chi connectivity index (χ1n) is 8.57. The van der Waals surface area contributed by atoms with Gasteiger partial charge in [-0.05, 0) is 37.1 Å². The largest absolute Gasteiger partial charge is 0.486 e. The van der Waals surface area contributed by atoms with E-state index in [0.717, 1.165) is 30.0 Å². The molecule has 2 N–H and O–H groups in total. The molecule has 1 unspecified atom stereocenters. The maximum absolute atomic E-state index is 11.9. The van der Waals surface area contributed by atoms with E-state index >= 15 is 0 Å². The lowest BCUT2D eigenvalue weighted by atomic mass is 10.1. The van der Waals surface area contributed by atoms with E-state index in [4.69, 9.17) is 9.47 Å². The molecule has 0 radical (unpaired) electrons. The number of hydrogen-bond acceptors (Lipinski definition) is 5. The first-order chi connectivity index (χ1) is 12.2. The van der Waals surface area contributed by atoms with Crippen molar-refractivity contribution >= 4 is 5.91 Å². The van der Waals surface area contributed by atoms with Gasteiger partial charge in [0.1, 0.15) is 13.2 Å². The summed E-state index contributed by atoms with van der Waals surface area (Å²) >= 11 is 0. The highest BCUT2D eigenvalue weighted by Gasteiger charge is 2.12. The lowest BCUT2D eigenvalue weighted by molar-refractivity contribution is -0.120. The van der Waals surface area contributed by atoms with Gasteiger partial charge in [-0.3, -0.25) is 9.48 Å². The van der Waals surface area contributed by atoms with Crippen molar-refractivity contribution in [3.63, 3.8) is 0 Å². The van der Waals surface area contributed by atoms with E-state index in [-0.39, 0.29) is 11.9 Å². The van der Waals surface area contributed by atoms with Gasteiger partial charge in [0.25, 0.3) is 0 Å². The molecule has 7 heteroatoms. The van der Waals surface area contributed by atoms with Crippen LogP contribution in [0.4, 0.5) is 0 Å². The molecule has 1 atom stereocenters. The molecule has 1 aliphatic heterocycles. The second-order valence-corrected chi connectivity index (χ2v) is 6.09. The summed E-state index contributed by atoms with van der Waals surface area (Å²) in [5, 5.41) is 10.3. The summed E-state index contributed by atoms with van der Waals surface area (Å²) in [5.41, 5.74) is 1.12. The fourth-order valence-corrected chi connectivity index (χ4v) is 2.67. The Morgan fingerprint density at radius 3 is 2.96 bits per heavy atom. The van der Waals surface area contributed by atoms with Gasteiger partial charge in [-0.2, -0.15) is 5.10 Å². The van der Waals surface area contributed by atoms with Crippen LogP contribution in [0.15, 0.2) is 36.7 Å². The number of aromatic nitrogens is 2. The van der Waals surface area contributed by atoms with Crippen LogP contribution in [0.5, 0.6) is 11.5 Å². The number of rotatable bonds is 8. The third-order valence-corrected chi connectivity index (χ3v) is 3.97. The van der Waals surface area contributed by atoms with Gasteiger partial charge in [-0.15, -0.1) is 0 Å². The van der Waals surface area contributed by atoms with Crippen molar-refractivity contribution in [1.82, 2.24) is 20.4 Å². The van der Waals surface area contributed by atoms with Crippen LogP contribution in [-0.2, 0) is 17.8 Å². The van der Waals surface area contributed by atoms with E-state index in [9.17, 15) is 4.79 Å². The summed E-state index contributed by atoms with van der Waals surface area (Å²) in [6.45, 7) is 4.82. The van der Waals surface area contributed by atoms with Gasteiger partial charge in [-0.1, -0.05) is 6.07 Å². The maximum atomic E-state index is 11.9. The number of carbonyl (C=O) groups excluding carboxylic acids is 1. The average Bonchev–Trinajstić information content (AvgIpc) is 3.13. The number of benzene rings is 1. The summed E-state index contributed by atoms with van der Waals surface area (Å²) < 4.78 is 12.9. The highest BCUT2D eigenvalue weighted by atomic mass is 16.6. The highest BCUT2D eigenvalue weighted by Crippen LogP contribution is 2.30. The number of fused-ring (bicyclic) bond motifs is 1. The summed E-state index contributed by atoms with van der Waals surface area (Å²) in [4.78, 5) is 11.9. The van der Waals surface area contributed by atoms with Crippen LogP contribution < -0.4 is 20.1 Å². The molecule has 1 aliphatic rings. The molecule has 0 saturated heterocycles. The Hall–Kier alpha value is -2.54. The van der Waals surface area contributed by atoms with Gasteiger partial charge in [0.05, 0.1) is 13.1 Å². The van der Waals surface area contributed by atoms with E-state index in [1.54, 1.807) is 6.20 Å². The summed E-state index contributed by atoms with van der Waals surface area (Å²) in [6.07, 6.45) is 4.41. The second kappa shape index (κ2) is 8.53. The fourth-order valence-electron chi connectivity index (χ4n) is 2.67. The Bertz CT molecular complexity index is 688. The van der Waals surface area contributed by atoms with Crippen molar-refractivity contribution < 1.29 is 14.3 Å². The Balaban J connectivity index is 1.35. The molecular weight excluding hydrogens is 320 g/mol. The Kier molecular flexibility index (Phi) is 5.90. The van der Waals surface area contributed by atoms with Crippen molar-refractivity contribution in [3.8, 4) is 11.5 Å². The maximum Gasteiger partial charge on any atom is 0.233 e. The number of carbonyl (C=O) groups is 1. The number of amides is 1. The molecule has 134 valence electrons. The third-order valence-electron chi connectivity index (χ3n) is 3.97. The van der Waals surface area contributed by atoms with Gasteiger partial charge < -0.3 is 20.1 Å². The highest BCUT2D eigenvalue weighted by molar-refractivity contribution is 5.78. The molecule has 0 spiro atoms. The fraction of sp³-hybridized carbons (Fsp3) is 0.444. The van der Waals surface area contributed by atoms with E-state index in [0.29, 0.717) is 26.3 Å². The molecule has 0 saturated carbocycles. The van der Waals surface area contributed by atoms with Gasteiger partial charge in [-0.25, -0.2) is 0 Å². The van der Waals surface area contributed by atoms with E-state index in [1.807, 2.05) is 42.1 Å². The van der Waals surface area contributed by atoms with E-state index in [1.165, 1.54) is 0 Å². The molecular formula is C18H24N4O3. The Morgan fingerprint density at radius 1 is 1.32 bits per heavy atom. The number of nitrogens with zero attached hydrogens (tertiary/aromatic N) is 2. The monoisotopic (exact) mass is 344 g/mol. The first-order valence-corrected chi connectivity index (χ1v) is 8.57. The van der Waals surface area contributed by atoms with E-state index < -0.39 is 0 Å². The predicted molar refractivity (Wildman–Crippen MR) is 93.8 cm³/mol. The van der Waals surface area contributed by atoms with Crippen LogP contribution in [-0.4, -0.2) is 48.0 Å². The zero-order valence-corrected chi connectivity index (χ0v) is 14.4. The minimum Gasteiger partial charge on any atom is -0.486 e. The van der Waals surface area contributed by atoms with Crippen molar-refractivity contribution in [2.75, 3.05) is 26.3 Å². The number of nitrogens with one attached hydrogen (secondary N) is 2. The van der Waals surface area contributed by atoms with Gasteiger partial charge in [0.15, 0.2) is 11.5 Å². The van der Waals surface area contributed by atoms with Gasteiger partial charge in [0.2, 0.25) is 5.91 Å². The molecule has 1 amide bonds. The summed E-state index contributed by atoms with van der Waals surface area (Å²) in [7, 11) is 0. The normalized spacial score (nSPS) is 14.1. The topological polar surface area (TPSA) is 77.4 Å². The standard InChI is InChI=1S/C18H24N4O3/c1-14(13-22-8-2-6-21-22)20-12-18(23)19-7-5-15-3-4-16-17(11-15)25-10-9-24-16/h2-4,6,8,11,14,20H,5,7,9-10,12-13H2,1H3,(H,19,23). The quantitative estimate of drug-likeness (QED) is 0.747. The minimum absolute atomic E-state index is 0.00939. The van der Waals surface area contributed by atoms with Crippen molar-refractivity contribution in [2.45, 2.75) is 25.9 Å². The van der Waals surface area contributed by atoms with Crippen LogP contribution >= 0.6 is 0 Å². The second-order valence-electron chi connectivity index (χ2n) is 6.09. The smallest absolute Gasteiger partial charge is 0.233 e. The molecule has 7 nitrogen and oxygen atoms in total. The van der Waals surface area contributed by atoms with Gasteiger partial charge in [0, 0.05) is 25.0 Å². The first kappa shape index (κ1) is 17.3. The van der Waals surface area contributed by atoms with Gasteiger partial charge >= 0.3 is 0 Å². The number of hydrogen-bond donors (Lipinski definition) is 2. The molecule has 0 fully saturated rings. The summed E-state index contributed by atoms with van der Waals surface area (Å²) in [5.74, 6) is 1.56. The summed E-state index contributed by atoms with van der Waals surface area (Å²) in [6, 6.07) is 7.96. The molecule has 0 bridgehead atoms.